The maximum atomic E-state index is 13.0. The lowest BCUT2D eigenvalue weighted by atomic mass is 10.1. The van der Waals surface area contributed by atoms with Gasteiger partial charge in [0.05, 0.1) is 21.2 Å². The number of rotatable bonds is 1. The van der Waals surface area contributed by atoms with Crippen LogP contribution in [-0.2, 0) is 0 Å². The molecule has 1 rings (SSSR count). The normalized spacial score (nSPS) is 8.65. The van der Waals surface area contributed by atoms with Crippen LogP contribution in [0, 0.1) is 22.1 Å². The first-order valence-corrected chi connectivity index (χ1v) is 4.78. The summed E-state index contributed by atoms with van der Waals surface area (Å²) in [5.41, 5.74) is -0.566. The molecule has 0 heterocycles. The van der Waals surface area contributed by atoms with Crippen molar-refractivity contribution in [2.24, 2.45) is 5.34 Å². The molecule has 0 aliphatic carbocycles. The molecule has 0 atom stereocenters. The van der Waals surface area contributed by atoms with E-state index in [2.05, 4.69) is 0 Å². The minimum Gasteiger partial charge on any atom is -0.379 e. The molecule has 0 saturated carbocycles. The van der Waals surface area contributed by atoms with Crippen molar-refractivity contribution < 1.29 is 14.4 Å². The van der Waals surface area contributed by atoms with E-state index < -0.39 is 16.1 Å². The monoisotopic (exact) mass is 298 g/mol. The zero-order valence-electron chi connectivity index (χ0n) is 7.75. The summed E-state index contributed by atoms with van der Waals surface area (Å²) in [6.07, 6.45) is 0. The number of hydrogen-bond donors (Lipinski definition) is 1. The molecule has 90 valence electrons. The number of hydrogen-bond acceptors (Lipinski definition) is 4. The van der Waals surface area contributed by atoms with Gasteiger partial charge in [0.25, 0.3) is 5.24 Å². The van der Waals surface area contributed by atoms with E-state index in [-0.39, 0.29) is 16.1 Å². The molecule has 1 N–H and O–H groups in total. The molecule has 0 amide bonds. The lowest BCUT2D eigenvalue weighted by Crippen LogP contribution is -1.96. The van der Waals surface area contributed by atoms with Crippen LogP contribution < -0.4 is 0 Å². The minimum atomic E-state index is -0.943. The third-order valence-corrected chi connectivity index (χ3v) is 2.45. The van der Waals surface area contributed by atoms with Gasteiger partial charge in [0.1, 0.15) is 11.9 Å². The number of carbonyl (C=O) groups excluding carboxylic acids is 1. The predicted molar refractivity (Wildman–Crippen MR) is 58.9 cm³/mol. The van der Waals surface area contributed by atoms with Gasteiger partial charge in [-0.3, -0.25) is 4.79 Å². The quantitative estimate of drug-likeness (QED) is 0.372. The third-order valence-electron chi connectivity index (χ3n) is 1.48. The summed E-state index contributed by atoms with van der Waals surface area (Å²) in [5, 5.41) is 14.9. The van der Waals surface area contributed by atoms with Crippen LogP contribution in [0.15, 0.2) is 11.4 Å². The molecule has 0 aliphatic rings. The first kappa shape index (κ1) is 15.6. The zero-order chi connectivity index (χ0) is 13.6. The Balaban J connectivity index is 0.000000770. The fraction of sp³-hybridized carbons (Fsp3) is 0. The van der Waals surface area contributed by atoms with E-state index in [1.165, 1.54) is 5.34 Å². The number of nitriles is 1. The first-order valence-electron chi connectivity index (χ1n) is 3.64. The SMILES string of the molecule is N#Cc1c(Cl)c(F)cc(C(=O)Cl)c1Cl.O=NO. The molecule has 0 aliphatic heterocycles. The lowest BCUT2D eigenvalue weighted by molar-refractivity contribution is 0.108. The van der Waals surface area contributed by atoms with Crippen LogP contribution >= 0.6 is 34.8 Å². The maximum absolute atomic E-state index is 13.0. The number of nitrogens with zero attached hydrogens (tertiary/aromatic N) is 2. The van der Waals surface area contributed by atoms with Crippen molar-refractivity contribution in [3.63, 3.8) is 0 Å². The van der Waals surface area contributed by atoms with Gasteiger partial charge in [-0.25, -0.2) is 4.39 Å². The Morgan fingerprint density at radius 1 is 1.47 bits per heavy atom. The van der Waals surface area contributed by atoms with E-state index in [1.807, 2.05) is 0 Å². The zero-order valence-corrected chi connectivity index (χ0v) is 10.0. The fourth-order valence-electron chi connectivity index (χ4n) is 0.845. The molecule has 0 bridgehead atoms. The van der Waals surface area contributed by atoms with E-state index in [9.17, 15) is 9.18 Å². The lowest BCUT2D eigenvalue weighted by Gasteiger charge is -2.03. The van der Waals surface area contributed by atoms with Crippen molar-refractivity contribution in [1.82, 2.24) is 0 Å². The molecule has 1 aromatic carbocycles. The summed E-state index contributed by atoms with van der Waals surface area (Å²) in [7, 11) is 0. The minimum absolute atomic E-state index is 0.237. The Labute approximate surface area is 109 Å². The standard InChI is InChI=1S/C8HCl3FNO.HNO2/c9-6-3(8(11)14)1-5(12)7(10)4(6)2-13;2-1-3/h1H;(H,2,3). The van der Waals surface area contributed by atoms with Crippen molar-refractivity contribution in [3.8, 4) is 6.07 Å². The van der Waals surface area contributed by atoms with Gasteiger partial charge in [-0.05, 0) is 17.7 Å². The molecule has 5 nitrogen and oxygen atoms in total. The molecule has 9 heteroatoms. The Bertz CT molecular complexity index is 502. The highest BCUT2D eigenvalue weighted by Gasteiger charge is 2.18. The second-order valence-corrected chi connectivity index (χ2v) is 3.48. The van der Waals surface area contributed by atoms with Crippen LogP contribution in [0.25, 0.3) is 0 Å². The molecule has 1 aromatic rings. The van der Waals surface area contributed by atoms with Gasteiger partial charge >= 0.3 is 0 Å². The van der Waals surface area contributed by atoms with Gasteiger partial charge in [0.2, 0.25) is 0 Å². The average Bonchev–Trinajstić information content (AvgIpc) is 2.25. The van der Waals surface area contributed by atoms with Gasteiger partial charge < -0.3 is 5.21 Å². The molecule has 0 aromatic heterocycles. The third kappa shape index (κ3) is 3.82. The number of carbonyl (C=O) groups is 1. The van der Waals surface area contributed by atoms with E-state index in [1.54, 1.807) is 6.07 Å². The van der Waals surface area contributed by atoms with Gasteiger partial charge in [-0.2, -0.15) is 5.26 Å². The summed E-state index contributed by atoms with van der Waals surface area (Å²) >= 11 is 16.2. The summed E-state index contributed by atoms with van der Waals surface area (Å²) in [6.45, 7) is 0. The maximum Gasteiger partial charge on any atom is 0.254 e. The van der Waals surface area contributed by atoms with E-state index in [4.69, 9.17) is 50.2 Å². The smallest absolute Gasteiger partial charge is 0.254 e. The van der Waals surface area contributed by atoms with Crippen molar-refractivity contribution in [2.75, 3.05) is 0 Å². The number of benzene rings is 1. The predicted octanol–water partition coefficient (Wildman–Crippen LogP) is 3.53. The highest BCUT2D eigenvalue weighted by Crippen LogP contribution is 2.30. The molecular weight excluding hydrogens is 297 g/mol. The Kier molecular flexibility index (Phi) is 6.43. The molecule has 0 fully saturated rings. The van der Waals surface area contributed by atoms with Gasteiger partial charge in [-0.1, -0.05) is 23.2 Å². The molecule has 0 saturated heterocycles. The van der Waals surface area contributed by atoms with Gasteiger partial charge in [-0.15, -0.1) is 4.91 Å². The van der Waals surface area contributed by atoms with Crippen molar-refractivity contribution in [3.05, 3.63) is 38.0 Å². The van der Waals surface area contributed by atoms with Crippen LogP contribution in [0.4, 0.5) is 4.39 Å². The van der Waals surface area contributed by atoms with Crippen LogP contribution in [0.5, 0.6) is 0 Å². The summed E-state index contributed by atoms with van der Waals surface area (Å²) < 4.78 is 13.0. The summed E-state index contributed by atoms with van der Waals surface area (Å²) in [6, 6.07) is 2.38. The fourth-order valence-corrected chi connectivity index (χ4v) is 1.56. The van der Waals surface area contributed by atoms with Gasteiger partial charge in [0, 0.05) is 0 Å². The Hall–Kier alpha value is -1.42. The van der Waals surface area contributed by atoms with Crippen LogP contribution in [-0.4, -0.2) is 10.4 Å². The van der Waals surface area contributed by atoms with Crippen molar-refractivity contribution in [2.45, 2.75) is 0 Å². The van der Waals surface area contributed by atoms with Crippen LogP contribution in [0.1, 0.15) is 15.9 Å². The summed E-state index contributed by atoms with van der Waals surface area (Å²) in [5.74, 6) is -0.906. The van der Waals surface area contributed by atoms with Crippen LogP contribution in [0.3, 0.4) is 0 Å². The average molecular weight is 299 g/mol. The number of halogens is 4. The molecule has 0 spiro atoms. The Morgan fingerprint density at radius 2 is 1.94 bits per heavy atom. The molecular formula is C8H2Cl3FN2O3. The van der Waals surface area contributed by atoms with E-state index >= 15 is 0 Å². The van der Waals surface area contributed by atoms with E-state index in [0.29, 0.717) is 0 Å². The largest absolute Gasteiger partial charge is 0.379 e. The summed E-state index contributed by atoms with van der Waals surface area (Å²) in [4.78, 5) is 18.9. The van der Waals surface area contributed by atoms with Crippen LogP contribution in [0.2, 0.25) is 10.0 Å². The highest BCUT2D eigenvalue weighted by atomic mass is 35.5. The first-order chi connectivity index (χ1) is 7.90. The second kappa shape index (κ2) is 7.01. The molecule has 0 unspecified atom stereocenters. The topological polar surface area (TPSA) is 90.5 Å². The molecule has 0 radical (unpaired) electrons. The molecule has 17 heavy (non-hydrogen) atoms. The van der Waals surface area contributed by atoms with Gasteiger partial charge in [0.15, 0.2) is 5.34 Å². The van der Waals surface area contributed by atoms with E-state index in [0.717, 1.165) is 6.07 Å². The highest BCUT2D eigenvalue weighted by molar-refractivity contribution is 6.68. The second-order valence-electron chi connectivity index (χ2n) is 2.38. The van der Waals surface area contributed by atoms with Crippen molar-refractivity contribution >= 4 is 40.0 Å². The Morgan fingerprint density at radius 3 is 2.29 bits per heavy atom. The van der Waals surface area contributed by atoms with Crippen molar-refractivity contribution in [1.29, 1.82) is 5.26 Å².